The van der Waals surface area contributed by atoms with E-state index in [1.54, 1.807) is 14.2 Å². The van der Waals surface area contributed by atoms with Gasteiger partial charge in [0, 0.05) is 17.0 Å². The van der Waals surface area contributed by atoms with Crippen LogP contribution in [0.2, 0.25) is 5.02 Å². The molecule has 4 heteroatoms. The van der Waals surface area contributed by atoms with Gasteiger partial charge in [-0.3, -0.25) is 0 Å². The molecule has 2 rings (SSSR count). The monoisotopic (exact) mass is 269 g/mol. The molecule has 0 spiro atoms. The molecule has 1 unspecified atom stereocenters. The lowest BCUT2D eigenvalue weighted by Crippen LogP contribution is -2.32. The Morgan fingerprint density at radius 1 is 1.33 bits per heavy atom. The van der Waals surface area contributed by atoms with Crippen LogP contribution in [0.3, 0.4) is 0 Å². The van der Waals surface area contributed by atoms with E-state index in [2.05, 4.69) is 0 Å². The maximum absolute atomic E-state index is 6.51. The number of ether oxygens (including phenoxy) is 2. The fourth-order valence-electron chi connectivity index (χ4n) is 2.67. The van der Waals surface area contributed by atoms with Gasteiger partial charge in [0.2, 0.25) is 0 Å². The number of nitrogens with two attached hydrogens (primary N) is 1. The largest absolute Gasteiger partial charge is 0.496 e. The highest BCUT2D eigenvalue weighted by Gasteiger charge is 2.51. The zero-order chi connectivity index (χ0) is 13.5. The van der Waals surface area contributed by atoms with E-state index in [1.807, 2.05) is 19.9 Å². The molecule has 1 aromatic carbocycles. The van der Waals surface area contributed by atoms with E-state index in [0.29, 0.717) is 5.02 Å². The normalized spacial score (nSPS) is 18.3. The van der Waals surface area contributed by atoms with Crippen molar-refractivity contribution in [2.45, 2.75) is 38.1 Å². The van der Waals surface area contributed by atoms with Crippen molar-refractivity contribution in [3.8, 4) is 11.5 Å². The molecule has 18 heavy (non-hydrogen) atoms. The van der Waals surface area contributed by atoms with Gasteiger partial charge in [-0.05, 0) is 38.3 Å². The number of methoxy groups -OCH3 is 2. The first-order chi connectivity index (χ1) is 8.47. The summed E-state index contributed by atoms with van der Waals surface area (Å²) in [5, 5.41) is 0.643. The van der Waals surface area contributed by atoms with Crippen LogP contribution in [0.4, 0.5) is 0 Å². The summed E-state index contributed by atoms with van der Waals surface area (Å²) in [5.41, 5.74) is 8.06. The first kappa shape index (κ1) is 13.5. The maximum Gasteiger partial charge on any atom is 0.140 e. The molecule has 1 aliphatic carbocycles. The highest BCUT2D eigenvalue weighted by molar-refractivity contribution is 6.33. The standard InChI is InChI=1S/C14H20ClNO2/c1-8-7-10(17-3)11(12(15)13(8)18-4)14(5-6-14)9(2)16/h7,9H,5-6,16H2,1-4H3. The van der Waals surface area contributed by atoms with Gasteiger partial charge in [0.05, 0.1) is 19.2 Å². The minimum atomic E-state index is -0.0522. The third-order valence-electron chi connectivity index (χ3n) is 3.95. The highest BCUT2D eigenvalue weighted by Crippen LogP contribution is 2.57. The molecule has 1 fully saturated rings. The van der Waals surface area contributed by atoms with E-state index in [1.165, 1.54) is 0 Å². The summed E-state index contributed by atoms with van der Waals surface area (Å²) < 4.78 is 10.9. The molecule has 0 amide bonds. The van der Waals surface area contributed by atoms with Crippen LogP contribution in [0.25, 0.3) is 0 Å². The SMILES string of the molecule is COc1cc(C)c(OC)c(Cl)c1C1(C(C)N)CC1. The van der Waals surface area contributed by atoms with Crippen molar-refractivity contribution >= 4 is 11.6 Å². The molecule has 3 nitrogen and oxygen atoms in total. The topological polar surface area (TPSA) is 44.5 Å². The zero-order valence-electron chi connectivity index (χ0n) is 11.3. The zero-order valence-corrected chi connectivity index (χ0v) is 12.1. The number of benzene rings is 1. The van der Waals surface area contributed by atoms with E-state index in [9.17, 15) is 0 Å². The third kappa shape index (κ3) is 1.86. The van der Waals surface area contributed by atoms with Gasteiger partial charge in [-0.25, -0.2) is 0 Å². The number of rotatable bonds is 4. The minimum absolute atomic E-state index is 0.0521. The number of hydrogen-bond acceptors (Lipinski definition) is 3. The van der Waals surface area contributed by atoms with Gasteiger partial charge in [0.25, 0.3) is 0 Å². The Kier molecular flexibility index (Phi) is 3.47. The molecule has 0 aromatic heterocycles. The molecular weight excluding hydrogens is 250 g/mol. The second kappa shape index (κ2) is 4.63. The van der Waals surface area contributed by atoms with E-state index in [0.717, 1.165) is 35.5 Å². The Morgan fingerprint density at radius 3 is 2.33 bits per heavy atom. The molecule has 2 N–H and O–H groups in total. The molecular formula is C14H20ClNO2. The van der Waals surface area contributed by atoms with Crippen LogP contribution < -0.4 is 15.2 Å². The van der Waals surface area contributed by atoms with Gasteiger partial charge in [-0.1, -0.05) is 11.6 Å². The average molecular weight is 270 g/mol. The van der Waals surface area contributed by atoms with Crippen molar-refractivity contribution in [1.29, 1.82) is 0 Å². The smallest absolute Gasteiger partial charge is 0.140 e. The van der Waals surface area contributed by atoms with Gasteiger partial charge >= 0.3 is 0 Å². The van der Waals surface area contributed by atoms with Gasteiger partial charge in [-0.2, -0.15) is 0 Å². The first-order valence-electron chi connectivity index (χ1n) is 6.15. The minimum Gasteiger partial charge on any atom is -0.496 e. The Bertz CT molecular complexity index is 467. The van der Waals surface area contributed by atoms with E-state index >= 15 is 0 Å². The lowest BCUT2D eigenvalue weighted by atomic mass is 9.87. The van der Waals surface area contributed by atoms with Crippen molar-refractivity contribution < 1.29 is 9.47 Å². The summed E-state index contributed by atoms with van der Waals surface area (Å²) in [6.45, 7) is 3.98. The first-order valence-corrected chi connectivity index (χ1v) is 6.53. The Labute approximate surface area is 113 Å². The van der Waals surface area contributed by atoms with Gasteiger partial charge in [0.1, 0.15) is 11.5 Å². The summed E-state index contributed by atoms with van der Waals surface area (Å²) in [6.07, 6.45) is 2.10. The summed E-state index contributed by atoms with van der Waals surface area (Å²) in [7, 11) is 3.30. The van der Waals surface area contributed by atoms with Crippen molar-refractivity contribution in [2.75, 3.05) is 14.2 Å². The number of aryl methyl sites for hydroxylation is 1. The van der Waals surface area contributed by atoms with E-state index < -0.39 is 0 Å². The molecule has 0 aliphatic heterocycles. The van der Waals surface area contributed by atoms with Crippen LogP contribution in [-0.2, 0) is 5.41 Å². The highest BCUT2D eigenvalue weighted by atomic mass is 35.5. The summed E-state index contributed by atoms with van der Waals surface area (Å²) in [4.78, 5) is 0. The molecule has 0 saturated heterocycles. The van der Waals surface area contributed by atoms with Gasteiger partial charge < -0.3 is 15.2 Å². The molecule has 0 heterocycles. The average Bonchev–Trinajstić information content (AvgIpc) is 3.10. The van der Waals surface area contributed by atoms with Crippen molar-refractivity contribution in [2.24, 2.45) is 5.73 Å². The van der Waals surface area contributed by atoms with Crippen molar-refractivity contribution in [3.63, 3.8) is 0 Å². The predicted octanol–water partition coefficient (Wildman–Crippen LogP) is 3.04. The fraction of sp³-hybridized carbons (Fsp3) is 0.571. The van der Waals surface area contributed by atoms with Crippen LogP contribution >= 0.6 is 11.6 Å². The van der Waals surface area contributed by atoms with Crippen molar-refractivity contribution in [1.82, 2.24) is 0 Å². The lowest BCUT2D eigenvalue weighted by Gasteiger charge is -2.25. The second-order valence-electron chi connectivity index (χ2n) is 5.06. The Morgan fingerprint density at radius 2 is 1.94 bits per heavy atom. The predicted molar refractivity (Wildman–Crippen MR) is 73.9 cm³/mol. The van der Waals surface area contributed by atoms with Crippen LogP contribution in [0.15, 0.2) is 6.07 Å². The van der Waals surface area contributed by atoms with E-state index in [-0.39, 0.29) is 11.5 Å². The molecule has 1 aromatic rings. The number of halogens is 1. The molecule has 1 atom stereocenters. The van der Waals surface area contributed by atoms with Crippen molar-refractivity contribution in [3.05, 3.63) is 22.2 Å². The summed E-state index contributed by atoms with van der Waals surface area (Å²) in [5.74, 6) is 1.53. The van der Waals surface area contributed by atoms with Crippen LogP contribution in [0.5, 0.6) is 11.5 Å². The molecule has 100 valence electrons. The van der Waals surface area contributed by atoms with Crippen LogP contribution in [0, 0.1) is 6.92 Å². The maximum atomic E-state index is 6.51. The van der Waals surface area contributed by atoms with Crippen LogP contribution in [0.1, 0.15) is 30.9 Å². The fourth-order valence-corrected chi connectivity index (χ4v) is 3.18. The second-order valence-corrected chi connectivity index (χ2v) is 5.44. The lowest BCUT2D eigenvalue weighted by molar-refractivity contribution is 0.387. The summed E-state index contributed by atoms with van der Waals surface area (Å²) >= 11 is 6.51. The molecule has 0 radical (unpaired) electrons. The van der Waals surface area contributed by atoms with Gasteiger partial charge in [-0.15, -0.1) is 0 Å². The third-order valence-corrected chi connectivity index (χ3v) is 4.31. The number of hydrogen-bond donors (Lipinski definition) is 1. The van der Waals surface area contributed by atoms with Gasteiger partial charge in [0.15, 0.2) is 0 Å². The Hall–Kier alpha value is -0.930. The Balaban J connectivity index is 2.65. The quantitative estimate of drug-likeness (QED) is 0.914. The van der Waals surface area contributed by atoms with Crippen LogP contribution in [-0.4, -0.2) is 20.3 Å². The summed E-state index contributed by atoms with van der Waals surface area (Å²) in [6, 6.07) is 2.03. The molecule has 1 aliphatic rings. The van der Waals surface area contributed by atoms with E-state index in [4.69, 9.17) is 26.8 Å². The molecule has 1 saturated carbocycles. The molecule has 0 bridgehead atoms.